The summed E-state index contributed by atoms with van der Waals surface area (Å²) in [7, 11) is 0. The highest BCUT2D eigenvalue weighted by Gasteiger charge is 2.34. The fraction of sp³-hybridized carbons (Fsp3) is 0.0455. The number of fused-ring (bicyclic) bond motifs is 2. The Morgan fingerprint density at radius 2 is 1.43 bits per heavy atom. The Bertz CT molecular complexity index is 1370. The second-order valence-corrected chi connectivity index (χ2v) is 6.70. The van der Waals surface area contributed by atoms with Gasteiger partial charge >= 0.3 is 6.18 Å². The van der Waals surface area contributed by atoms with Crippen LogP contribution in [0, 0.1) is 0 Å². The predicted molar refractivity (Wildman–Crippen MR) is 109 cm³/mol. The Labute approximate surface area is 168 Å². The van der Waals surface area contributed by atoms with Gasteiger partial charge in [-0.3, -0.25) is 5.10 Å². The van der Waals surface area contributed by atoms with E-state index < -0.39 is 11.7 Å². The van der Waals surface area contributed by atoms with Gasteiger partial charge in [0.15, 0.2) is 11.6 Å². The third-order valence-electron chi connectivity index (χ3n) is 4.78. The molecular weight excluding hydrogens is 391 g/mol. The Hall–Kier alpha value is -3.94. The number of halogens is 3. The quantitative estimate of drug-likeness (QED) is 0.390. The minimum atomic E-state index is -4.52. The van der Waals surface area contributed by atoms with Crippen LogP contribution >= 0.6 is 0 Å². The number of rotatable bonds is 3. The molecule has 5 nitrogen and oxygen atoms in total. The molecule has 0 saturated heterocycles. The van der Waals surface area contributed by atoms with Crippen LogP contribution in [-0.4, -0.2) is 20.2 Å². The molecule has 2 aromatic heterocycles. The number of para-hydroxylation sites is 2. The zero-order valence-corrected chi connectivity index (χ0v) is 15.4. The van der Waals surface area contributed by atoms with Crippen molar-refractivity contribution >= 4 is 33.4 Å². The van der Waals surface area contributed by atoms with E-state index in [2.05, 4.69) is 25.5 Å². The van der Waals surface area contributed by atoms with E-state index in [1.54, 1.807) is 12.1 Å². The molecule has 0 unspecified atom stereocenters. The van der Waals surface area contributed by atoms with Crippen molar-refractivity contribution in [3.8, 4) is 11.4 Å². The van der Waals surface area contributed by atoms with Crippen molar-refractivity contribution in [1.29, 1.82) is 0 Å². The number of aromatic amines is 1. The molecule has 0 amide bonds. The molecule has 0 spiro atoms. The van der Waals surface area contributed by atoms with Gasteiger partial charge < -0.3 is 5.32 Å². The van der Waals surface area contributed by atoms with Crippen LogP contribution in [0.4, 0.5) is 24.8 Å². The molecule has 30 heavy (non-hydrogen) atoms. The van der Waals surface area contributed by atoms with Crippen molar-refractivity contribution in [2.45, 2.75) is 6.18 Å². The molecule has 0 saturated carbocycles. The second kappa shape index (κ2) is 6.84. The number of anilines is 2. The highest BCUT2D eigenvalue weighted by atomic mass is 19.4. The molecule has 2 heterocycles. The molecule has 2 N–H and O–H groups in total. The summed E-state index contributed by atoms with van der Waals surface area (Å²) in [6.07, 6.45) is -4.52. The van der Waals surface area contributed by atoms with E-state index in [-0.39, 0.29) is 11.4 Å². The van der Waals surface area contributed by atoms with Gasteiger partial charge in [-0.15, -0.1) is 0 Å². The van der Waals surface area contributed by atoms with Crippen molar-refractivity contribution in [3.05, 3.63) is 78.4 Å². The first-order valence-electron chi connectivity index (χ1n) is 9.14. The summed E-state index contributed by atoms with van der Waals surface area (Å²) in [5, 5.41) is 11.9. The maximum Gasteiger partial charge on any atom is 0.417 e. The van der Waals surface area contributed by atoms with Crippen molar-refractivity contribution in [3.63, 3.8) is 0 Å². The van der Waals surface area contributed by atoms with E-state index in [0.717, 1.165) is 17.0 Å². The van der Waals surface area contributed by atoms with Crippen molar-refractivity contribution in [2.24, 2.45) is 0 Å². The normalized spacial score (nSPS) is 11.8. The van der Waals surface area contributed by atoms with Gasteiger partial charge in [-0.05, 0) is 30.3 Å². The van der Waals surface area contributed by atoms with Gasteiger partial charge in [0, 0.05) is 16.3 Å². The second-order valence-electron chi connectivity index (χ2n) is 6.70. The van der Waals surface area contributed by atoms with E-state index in [0.29, 0.717) is 22.5 Å². The molecule has 148 valence electrons. The lowest BCUT2D eigenvalue weighted by atomic mass is 10.1. The summed E-state index contributed by atoms with van der Waals surface area (Å²) >= 11 is 0. The minimum Gasteiger partial charge on any atom is -0.322 e. The zero-order chi connectivity index (χ0) is 20.7. The average molecular weight is 405 g/mol. The molecule has 0 fully saturated rings. The van der Waals surface area contributed by atoms with Crippen LogP contribution in [0.2, 0.25) is 0 Å². The van der Waals surface area contributed by atoms with Gasteiger partial charge in [-0.2, -0.15) is 18.3 Å². The smallest absolute Gasteiger partial charge is 0.322 e. The minimum absolute atomic E-state index is 0.0102. The Morgan fingerprint density at radius 1 is 0.733 bits per heavy atom. The van der Waals surface area contributed by atoms with Gasteiger partial charge in [-0.25, -0.2) is 9.97 Å². The Balaban J connectivity index is 1.70. The Kier molecular flexibility index (Phi) is 4.13. The molecule has 8 heteroatoms. The van der Waals surface area contributed by atoms with Crippen molar-refractivity contribution in [1.82, 2.24) is 20.2 Å². The summed E-state index contributed by atoms with van der Waals surface area (Å²) in [6, 6.07) is 20.0. The molecule has 5 rings (SSSR count). The van der Waals surface area contributed by atoms with E-state index in [9.17, 15) is 13.2 Å². The van der Waals surface area contributed by atoms with Crippen LogP contribution in [0.5, 0.6) is 0 Å². The number of nitrogens with zero attached hydrogens (tertiary/aromatic N) is 3. The summed E-state index contributed by atoms with van der Waals surface area (Å²) in [5.74, 6) is 0.901. The number of hydrogen-bond donors (Lipinski definition) is 2. The van der Waals surface area contributed by atoms with E-state index in [1.807, 2.05) is 36.4 Å². The Morgan fingerprint density at radius 3 is 2.27 bits per heavy atom. The maximum atomic E-state index is 13.5. The topological polar surface area (TPSA) is 66.5 Å². The van der Waals surface area contributed by atoms with Gasteiger partial charge in [0.05, 0.1) is 16.6 Å². The van der Waals surface area contributed by atoms with Crippen LogP contribution < -0.4 is 5.32 Å². The maximum absolute atomic E-state index is 13.5. The predicted octanol–water partition coefficient (Wildman–Crippen LogP) is 5.94. The summed E-state index contributed by atoms with van der Waals surface area (Å²) in [4.78, 5) is 8.84. The molecule has 0 aliphatic rings. The number of nitrogens with one attached hydrogen (secondary N) is 2. The number of H-pyrrole nitrogens is 1. The number of hydrogen-bond acceptors (Lipinski definition) is 4. The highest BCUT2D eigenvalue weighted by molar-refractivity contribution is 5.96. The standard InChI is InChI=1S/C22H14F3N5/c23-22(24,25)16-10-4-1-7-13(16)19-26-17-11-5-2-8-14(17)20(27-19)28-21-15-9-3-6-12-18(15)29-30-21/h1-12H,(H2,26,27,28,29,30). The lowest BCUT2D eigenvalue weighted by molar-refractivity contribution is -0.137. The molecule has 0 atom stereocenters. The molecular formula is C22H14F3N5. The fourth-order valence-electron chi connectivity index (χ4n) is 3.39. The van der Waals surface area contributed by atoms with Crippen molar-refractivity contribution in [2.75, 3.05) is 5.32 Å². The fourth-order valence-corrected chi connectivity index (χ4v) is 3.39. The molecule has 0 bridgehead atoms. The molecule has 0 radical (unpaired) electrons. The van der Waals surface area contributed by atoms with Crippen LogP contribution in [0.15, 0.2) is 72.8 Å². The lowest BCUT2D eigenvalue weighted by Gasteiger charge is -2.14. The summed E-state index contributed by atoms with van der Waals surface area (Å²) < 4.78 is 40.6. The number of benzene rings is 3. The summed E-state index contributed by atoms with van der Waals surface area (Å²) in [5.41, 5.74) is 0.505. The first kappa shape index (κ1) is 18.1. The third-order valence-corrected chi connectivity index (χ3v) is 4.78. The van der Waals surface area contributed by atoms with Crippen LogP contribution in [0.1, 0.15) is 5.56 Å². The highest BCUT2D eigenvalue weighted by Crippen LogP contribution is 2.37. The molecule has 0 aliphatic carbocycles. The molecule has 3 aromatic carbocycles. The van der Waals surface area contributed by atoms with Crippen LogP contribution in [-0.2, 0) is 6.18 Å². The first-order valence-corrected chi connectivity index (χ1v) is 9.14. The number of aromatic nitrogens is 4. The number of alkyl halides is 3. The monoisotopic (exact) mass is 405 g/mol. The first-order chi connectivity index (χ1) is 14.5. The van der Waals surface area contributed by atoms with E-state index in [4.69, 9.17) is 0 Å². The SMILES string of the molecule is FC(F)(F)c1ccccc1-c1nc(Nc2n[nH]c3ccccc23)c2ccccc2n1. The molecule has 0 aliphatic heterocycles. The van der Waals surface area contributed by atoms with E-state index >= 15 is 0 Å². The van der Waals surface area contributed by atoms with Gasteiger partial charge in [0.2, 0.25) is 0 Å². The van der Waals surface area contributed by atoms with Gasteiger partial charge in [-0.1, -0.05) is 42.5 Å². The van der Waals surface area contributed by atoms with Gasteiger partial charge in [0.1, 0.15) is 5.82 Å². The average Bonchev–Trinajstić information content (AvgIpc) is 3.16. The third kappa shape index (κ3) is 3.12. The van der Waals surface area contributed by atoms with Crippen molar-refractivity contribution < 1.29 is 13.2 Å². The summed E-state index contributed by atoms with van der Waals surface area (Å²) in [6.45, 7) is 0. The zero-order valence-electron chi connectivity index (χ0n) is 15.4. The largest absolute Gasteiger partial charge is 0.417 e. The van der Waals surface area contributed by atoms with E-state index in [1.165, 1.54) is 18.2 Å². The van der Waals surface area contributed by atoms with Crippen LogP contribution in [0.3, 0.4) is 0 Å². The van der Waals surface area contributed by atoms with Crippen LogP contribution in [0.25, 0.3) is 33.2 Å². The lowest BCUT2D eigenvalue weighted by Crippen LogP contribution is -2.08. The van der Waals surface area contributed by atoms with Gasteiger partial charge in [0.25, 0.3) is 0 Å². The molecule has 5 aromatic rings.